The van der Waals surface area contributed by atoms with Crippen molar-refractivity contribution in [3.8, 4) is 0 Å². The maximum absolute atomic E-state index is 12.4. The second kappa shape index (κ2) is 10.7. The summed E-state index contributed by atoms with van der Waals surface area (Å²) in [7, 11) is -3.60. The fraction of sp³-hybridized carbons (Fsp3) is 0.682. The fourth-order valence-corrected chi connectivity index (χ4v) is 5.52. The van der Waals surface area contributed by atoms with Gasteiger partial charge in [0.05, 0.1) is 11.0 Å². The Balaban J connectivity index is 1.41. The first-order chi connectivity index (χ1) is 14.3. The van der Waals surface area contributed by atoms with Gasteiger partial charge in [0.1, 0.15) is 0 Å². The normalized spacial score (nSPS) is 25.3. The predicted molar refractivity (Wildman–Crippen MR) is 117 cm³/mol. The van der Waals surface area contributed by atoms with Crippen LogP contribution >= 0.6 is 0 Å². The van der Waals surface area contributed by atoms with E-state index in [2.05, 4.69) is 28.8 Å². The number of benzene rings is 1. The molecule has 2 heterocycles. The van der Waals surface area contributed by atoms with Crippen LogP contribution in [0.4, 0.5) is 0 Å². The lowest BCUT2D eigenvalue weighted by Gasteiger charge is -2.34. The van der Waals surface area contributed by atoms with Crippen molar-refractivity contribution < 1.29 is 17.9 Å². The van der Waals surface area contributed by atoms with E-state index in [1.165, 1.54) is 18.6 Å². The highest BCUT2D eigenvalue weighted by molar-refractivity contribution is 7.89. The zero-order valence-electron chi connectivity index (χ0n) is 18.1. The van der Waals surface area contributed by atoms with Crippen molar-refractivity contribution in [3.63, 3.8) is 0 Å². The molecular weight excluding hydrogens is 402 g/mol. The highest BCUT2D eigenvalue weighted by Crippen LogP contribution is 2.20. The Hall–Kier alpha value is -1.48. The lowest BCUT2D eigenvalue weighted by atomic mass is 9.92. The van der Waals surface area contributed by atoms with Gasteiger partial charge >= 0.3 is 0 Å². The Morgan fingerprint density at radius 1 is 1.17 bits per heavy atom. The highest BCUT2D eigenvalue weighted by atomic mass is 32.2. The predicted octanol–water partition coefficient (Wildman–Crippen LogP) is 2.24. The van der Waals surface area contributed by atoms with Gasteiger partial charge in [-0.2, -0.15) is 0 Å². The molecule has 8 heteroatoms. The minimum Gasteiger partial charge on any atom is -0.377 e. The molecule has 0 radical (unpaired) electrons. The van der Waals surface area contributed by atoms with Crippen LogP contribution in [-0.4, -0.2) is 64.7 Å². The molecule has 1 amide bonds. The van der Waals surface area contributed by atoms with Crippen molar-refractivity contribution in [2.75, 3.05) is 39.3 Å². The van der Waals surface area contributed by atoms with Crippen molar-refractivity contribution in [1.29, 1.82) is 0 Å². The Morgan fingerprint density at radius 2 is 1.87 bits per heavy atom. The van der Waals surface area contributed by atoms with Gasteiger partial charge in [0.15, 0.2) is 0 Å². The van der Waals surface area contributed by atoms with Gasteiger partial charge in [-0.15, -0.1) is 0 Å². The third-order valence-electron chi connectivity index (χ3n) is 5.83. The molecule has 30 heavy (non-hydrogen) atoms. The molecule has 3 atom stereocenters. The van der Waals surface area contributed by atoms with Gasteiger partial charge in [0.2, 0.25) is 10.0 Å². The summed E-state index contributed by atoms with van der Waals surface area (Å²) in [5.74, 6) is 1.29. The van der Waals surface area contributed by atoms with Crippen LogP contribution in [0.15, 0.2) is 29.2 Å². The van der Waals surface area contributed by atoms with Crippen molar-refractivity contribution >= 4 is 15.9 Å². The summed E-state index contributed by atoms with van der Waals surface area (Å²) >= 11 is 0. The number of hydrogen-bond acceptors (Lipinski definition) is 5. The SMILES string of the molecule is CC1CC(C)CN(CCCNC(=O)c2ccc(S(=O)(=O)NCC3CCCO3)cc2)C1. The lowest BCUT2D eigenvalue weighted by Crippen LogP contribution is -2.40. The molecule has 2 aliphatic heterocycles. The van der Waals surface area contributed by atoms with Gasteiger partial charge in [-0.3, -0.25) is 4.79 Å². The first kappa shape index (κ1) is 23.2. The monoisotopic (exact) mass is 437 g/mol. The quantitative estimate of drug-likeness (QED) is 0.579. The van der Waals surface area contributed by atoms with E-state index < -0.39 is 10.0 Å². The van der Waals surface area contributed by atoms with E-state index in [4.69, 9.17) is 4.74 Å². The summed E-state index contributed by atoms with van der Waals surface area (Å²) in [5.41, 5.74) is 0.466. The van der Waals surface area contributed by atoms with E-state index >= 15 is 0 Å². The average Bonchev–Trinajstić information content (AvgIpc) is 3.23. The topological polar surface area (TPSA) is 87.7 Å². The van der Waals surface area contributed by atoms with Crippen molar-refractivity contribution in [3.05, 3.63) is 29.8 Å². The fourth-order valence-electron chi connectivity index (χ4n) is 4.46. The minimum atomic E-state index is -3.60. The summed E-state index contributed by atoms with van der Waals surface area (Å²) in [6.45, 7) is 9.43. The molecule has 2 fully saturated rings. The molecular formula is C22H35N3O4S. The van der Waals surface area contributed by atoms with E-state index in [0.717, 1.165) is 50.7 Å². The van der Waals surface area contributed by atoms with E-state index in [9.17, 15) is 13.2 Å². The van der Waals surface area contributed by atoms with Crippen molar-refractivity contribution in [1.82, 2.24) is 14.9 Å². The van der Waals surface area contributed by atoms with Crippen molar-refractivity contribution in [2.45, 2.75) is 50.5 Å². The van der Waals surface area contributed by atoms with E-state index in [1.54, 1.807) is 12.1 Å². The molecule has 3 rings (SSSR count). The van der Waals surface area contributed by atoms with Gasteiger partial charge in [-0.25, -0.2) is 13.1 Å². The zero-order valence-corrected chi connectivity index (χ0v) is 18.9. The lowest BCUT2D eigenvalue weighted by molar-refractivity contribution is 0.0947. The van der Waals surface area contributed by atoms with Gasteiger partial charge in [0, 0.05) is 38.3 Å². The minimum absolute atomic E-state index is 0.0545. The van der Waals surface area contributed by atoms with E-state index in [1.807, 2.05) is 0 Å². The molecule has 7 nitrogen and oxygen atoms in total. The van der Waals surface area contributed by atoms with Crippen LogP contribution in [0.3, 0.4) is 0 Å². The number of carbonyl (C=O) groups is 1. The van der Waals surface area contributed by atoms with Crippen LogP contribution in [0.5, 0.6) is 0 Å². The molecule has 2 N–H and O–H groups in total. The largest absolute Gasteiger partial charge is 0.377 e. The summed E-state index contributed by atoms with van der Waals surface area (Å²) in [6.07, 6.45) is 3.98. The van der Waals surface area contributed by atoms with Crippen LogP contribution < -0.4 is 10.0 Å². The molecule has 0 aliphatic carbocycles. The summed E-state index contributed by atoms with van der Waals surface area (Å²) in [5, 5.41) is 2.93. The Morgan fingerprint density at radius 3 is 2.50 bits per heavy atom. The highest BCUT2D eigenvalue weighted by Gasteiger charge is 2.22. The first-order valence-corrected chi connectivity index (χ1v) is 12.5. The van der Waals surface area contributed by atoms with Crippen LogP contribution in [0.2, 0.25) is 0 Å². The third kappa shape index (κ3) is 6.77. The first-order valence-electron chi connectivity index (χ1n) is 11.1. The summed E-state index contributed by atoms with van der Waals surface area (Å²) in [4.78, 5) is 15.0. The van der Waals surface area contributed by atoms with Gasteiger partial charge in [0.25, 0.3) is 5.91 Å². The number of likely N-dealkylation sites (tertiary alicyclic amines) is 1. The molecule has 1 aromatic carbocycles. The molecule has 0 saturated carbocycles. The molecule has 168 valence electrons. The number of nitrogens with one attached hydrogen (secondary N) is 2. The standard InChI is InChI=1S/C22H35N3O4S/c1-17-13-18(2)16-25(15-17)11-4-10-23-22(26)19-6-8-21(9-7-19)30(27,28)24-14-20-5-3-12-29-20/h6-9,17-18,20,24H,3-5,10-16H2,1-2H3,(H,23,26). The average molecular weight is 438 g/mol. The van der Waals surface area contributed by atoms with Crippen LogP contribution in [0, 0.1) is 11.8 Å². The second-order valence-corrected chi connectivity index (χ2v) is 10.6. The zero-order chi connectivity index (χ0) is 21.6. The second-order valence-electron chi connectivity index (χ2n) is 8.83. The number of hydrogen-bond donors (Lipinski definition) is 2. The molecule has 0 aromatic heterocycles. The summed E-state index contributed by atoms with van der Waals surface area (Å²) < 4.78 is 32.8. The molecule has 2 aliphatic rings. The van der Waals surface area contributed by atoms with Gasteiger partial charge in [-0.05, 0) is 68.3 Å². The smallest absolute Gasteiger partial charge is 0.251 e. The van der Waals surface area contributed by atoms with E-state index in [-0.39, 0.29) is 23.5 Å². The number of rotatable bonds is 9. The summed E-state index contributed by atoms with van der Waals surface area (Å²) in [6, 6.07) is 6.07. The third-order valence-corrected chi connectivity index (χ3v) is 7.27. The Bertz CT molecular complexity index is 781. The van der Waals surface area contributed by atoms with Crippen LogP contribution in [-0.2, 0) is 14.8 Å². The molecule has 3 unspecified atom stereocenters. The number of piperidine rings is 1. The van der Waals surface area contributed by atoms with Gasteiger partial charge < -0.3 is 15.0 Å². The Kier molecular flexibility index (Phi) is 8.27. The molecule has 0 bridgehead atoms. The van der Waals surface area contributed by atoms with Gasteiger partial charge in [-0.1, -0.05) is 13.8 Å². The van der Waals surface area contributed by atoms with Crippen molar-refractivity contribution in [2.24, 2.45) is 11.8 Å². The molecule has 0 spiro atoms. The molecule has 2 saturated heterocycles. The number of carbonyl (C=O) groups excluding carboxylic acids is 1. The van der Waals surface area contributed by atoms with Crippen LogP contribution in [0.25, 0.3) is 0 Å². The Labute approximate surface area is 180 Å². The molecule has 1 aromatic rings. The number of sulfonamides is 1. The number of nitrogens with zero attached hydrogens (tertiary/aromatic N) is 1. The van der Waals surface area contributed by atoms with E-state index in [0.29, 0.717) is 18.7 Å². The van der Waals surface area contributed by atoms with Crippen LogP contribution in [0.1, 0.15) is 49.9 Å². The number of ether oxygens (including phenoxy) is 1. The maximum Gasteiger partial charge on any atom is 0.251 e. The maximum atomic E-state index is 12.4. The number of amides is 1.